The number of ether oxygens (including phenoxy) is 1. The van der Waals surface area contributed by atoms with E-state index in [1.807, 2.05) is 39.8 Å². The fraction of sp³-hybridized carbons (Fsp3) is 0.526. The number of aryl methyl sites for hydroxylation is 1. The summed E-state index contributed by atoms with van der Waals surface area (Å²) in [5, 5.41) is 0. The largest absolute Gasteiger partial charge is 0.444 e. The molecule has 1 aliphatic heterocycles. The van der Waals surface area contributed by atoms with Crippen LogP contribution in [0.15, 0.2) is 18.3 Å². The summed E-state index contributed by atoms with van der Waals surface area (Å²) >= 11 is 0. The third-order valence-electron chi connectivity index (χ3n) is 3.90. The monoisotopic (exact) mass is 345 g/mol. The van der Waals surface area contributed by atoms with Crippen LogP contribution in [0.5, 0.6) is 0 Å². The molecular weight excluding hydrogens is 318 g/mol. The summed E-state index contributed by atoms with van der Waals surface area (Å²) in [6.07, 6.45) is 4.05. The van der Waals surface area contributed by atoms with Crippen LogP contribution in [-0.2, 0) is 4.74 Å². The molecule has 0 saturated carbocycles. The topological polar surface area (TPSA) is 62.7 Å². The number of carbonyl (C=O) groups excluding carboxylic acids is 2. The van der Waals surface area contributed by atoms with E-state index >= 15 is 0 Å². The molecule has 2 amide bonds. The van der Waals surface area contributed by atoms with E-state index in [4.69, 9.17) is 4.74 Å². The van der Waals surface area contributed by atoms with Crippen molar-refractivity contribution in [3.8, 4) is 0 Å². The van der Waals surface area contributed by atoms with E-state index in [-0.39, 0.29) is 12.0 Å². The predicted octanol–water partition coefficient (Wildman–Crippen LogP) is 3.12. The van der Waals surface area contributed by atoms with Crippen molar-refractivity contribution in [2.45, 2.75) is 39.7 Å². The number of aromatic nitrogens is 1. The van der Waals surface area contributed by atoms with Gasteiger partial charge in [-0.25, -0.2) is 4.79 Å². The second kappa shape index (κ2) is 7.25. The number of hydrogen-bond acceptors (Lipinski definition) is 4. The SMILES string of the molecule is Cc1cc(C(=O)N(C)C)cnc1C1=CCN(C(=O)OC(C)(C)C)CC1. The minimum absolute atomic E-state index is 0.0594. The summed E-state index contributed by atoms with van der Waals surface area (Å²) < 4.78 is 5.41. The zero-order valence-corrected chi connectivity index (χ0v) is 15.9. The minimum Gasteiger partial charge on any atom is -0.444 e. The normalized spacial score (nSPS) is 14.8. The second-order valence-corrected chi connectivity index (χ2v) is 7.49. The van der Waals surface area contributed by atoms with Crippen LogP contribution >= 0.6 is 0 Å². The van der Waals surface area contributed by atoms with Gasteiger partial charge < -0.3 is 14.5 Å². The molecule has 0 unspecified atom stereocenters. The molecule has 2 heterocycles. The maximum atomic E-state index is 12.1. The number of pyridine rings is 1. The van der Waals surface area contributed by atoms with Gasteiger partial charge in [0.25, 0.3) is 5.91 Å². The van der Waals surface area contributed by atoms with Gasteiger partial charge in [0, 0.05) is 33.4 Å². The van der Waals surface area contributed by atoms with Crippen molar-refractivity contribution in [3.63, 3.8) is 0 Å². The smallest absolute Gasteiger partial charge is 0.410 e. The standard InChI is InChI=1S/C19H27N3O3/c1-13-11-15(17(23)21(5)6)12-20-16(13)14-7-9-22(10-8-14)18(24)25-19(2,3)4/h7,11-12H,8-10H2,1-6H3. The molecule has 1 aliphatic rings. The zero-order chi connectivity index (χ0) is 18.8. The van der Waals surface area contributed by atoms with Gasteiger partial charge in [-0.3, -0.25) is 9.78 Å². The fourth-order valence-corrected chi connectivity index (χ4v) is 2.66. The van der Waals surface area contributed by atoms with Crippen molar-refractivity contribution in [1.29, 1.82) is 0 Å². The van der Waals surface area contributed by atoms with Crippen molar-refractivity contribution in [2.24, 2.45) is 0 Å². The highest BCUT2D eigenvalue weighted by Gasteiger charge is 2.24. The second-order valence-electron chi connectivity index (χ2n) is 7.49. The van der Waals surface area contributed by atoms with Gasteiger partial charge in [0.15, 0.2) is 0 Å². The first-order valence-corrected chi connectivity index (χ1v) is 8.44. The van der Waals surface area contributed by atoms with Crippen LogP contribution in [0.1, 0.15) is 48.8 Å². The Balaban J connectivity index is 2.11. The molecule has 6 nitrogen and oxygen atoms in total. The lowest BCUT2D eigenvalue weighted by atomic mass is 9.99. The minimum atomic E-state index is -0.492. The lowest BCUT2D eigenvalue weighted by molar-refractivity contribution is 0.0270. The lowest BCUT2D eigenvalue weighted by Gasteiger charge is -2.29. The van der Waals surface area contributed by atoms with E-state index < -0.39 is 5.60 Å². The van der Waals surface area contributed by atoms with Crippen LogP contribution in [0.3, 0.4) is 0 Å². The summed E-state index contributed by atoms with van der Waals surface area (Å²) in [5.41, 5.74) is 3.04. The maximum absolute atomic E-state index is 12.1. The Hall–Kier alpha value is -2.37. The molecule has 0 fully saturated rings. The van der Waals surface area contributed by atoms with Crippen LogP contribution in [0.25, 0.3) is 5.57 Å². The molecule has 0 bridgehead atoms. The van der Waals surface area contributed by atoms with E-state index in [9.17, 15) is 9.59 Å². The molecule has 0 spiro atoms. The molecule has 0 radical (unpaired) electrons. The Labute approximate surface area is 149 Å². The Morgan fingerprint density at radius 1 is 1.28 bits per heavy atom. The Bertz CT molecular complexity index is 702. The Kier molecular flexibility index (Phi) is 5.50. The van der Waals surface area contributed by atoms with Gasteiger partial charge in [0.05, 0.1) is 11.3 Å². The first-order valence-electron chi connectivity index (χ1n) is 8.44. The number of hydrogen-bond donors (Lipinski definition) is 0. The van der Waals surface area contributed by atoms with E-state index in [1.165, 1.54) is 4.90 Å². The highest BCUT2D eigenvalue weighted by Crippen LogP contribution is 2.25. The summed E-state index contributed by atoms with van der Waals surface area (Å²) in [6, 6.07) is 1.87. The highest BCUT2D eigenvalue weighted by molar-refractivity contribution is 5.94. The quantitative estimate of drug-likeness (QED) is 0.826. The van der Waals surface area contributed by atoms with Gasteiger partial charge in [0.2, 0.25) is 0 Å². The third-order valence-corrected chi connectivity index (χ3v) is 3.90. The molecule has 0 aliphatic carbocycles. The molecular formula is C19H27N3O3. The summed E-state index contributed by atoms with van der Waals surface area (Å²) in [4.78, 5) is 31.9. The van der Waals surface area contributed by atoms with Crippen LogP contribution in [0, 0.1) is 6.92 Å². The maximum Gasteiger partial charge on any atom is 0.410 e. The predicted molar refractivity (Wildman–Crippen MR) is 97.4 cm³/mol. The van der Waals surface area contributed by atoms with Crippen LogP contribution < -0.4 is 0 Å². The molecule has 2 rings (SSSR count). The first kappa shape index (κ1) is 19.0. The molecule has 0 saturated heterocycles. The lowest BCUT2D eigenvalue weighted by Crippen LogP contribution is -2.39. The molecule has 136 valence electrons. The molecule has 0 atom stereocenters. The van der Waals surface area contributed by atoms with Crippen LogP contribution in [0.4, 0.5) is 4.79 Å². The van der Waals surface area contributed by atoms with Crippen molar-refractivity contribution in [1.82, 2.24) is 14.8 Å². The Morgan fingerprint density at radius 3 is 2.44 bits per heavy atom. The van der Waals surface area contributed by atoms with E-state index in [1.54, 1.807) is 25.2 Å². The van der Waals surface area contributed by atoms with Gasteiger partial charge in [-0.1, -0.05) is 6.08 Å². The first-order chi connectivity index (χ1) is 11.6. The van der Waals surface area contributed by atoms with Gasteiger partial charge in [-0.05, 0) is 51.3 Å². The molecule has 6 heteroatoms. The van der Waals surface area contributed by atoms with Gasteiger partial charge in [-0.2, -0.15) is 0 Å². The molecule has 25 heavy (non-hydrogen) atoms. The van der Waals surface area contributed by atoms with Crippen LogP contribution in [-0.4, -0.2) is 59.6 Å². The van der Waals surface area contributed by atoms with Crippen molar-refractivity contribution in [2.75, 3.05) is 27.2 Å². The number of amides is 2. The molecule has 0 aromatic carbocycles. The average Bonchev–Trinajstić information content (AvgIpc) is 2.52. The summed E-state index contributed by atoms with van der Waals surface area (Å²) in [6.45, 7) is 8.64. The number of nitrogens with zero attached hydrogens (tertiary/aromatic N) is 3. The number of carbonyl (C=O) groups is 2. The van der Waals surface area contributed by atoms with Gasteiger partial charge >= 0.3 is 6.09 Å². The molecule has 1 aromatic rings. The summed E-state index contributed by atoms with van der Waals surface area (Å²) in [5.74, 6) is -0.0594. The van der Waals surface area contributed by atoms with E-state index in [0.29, 0.717) is 25.1 Å². The van der Waals surface area contributed by atoms with Crippen molar-refractivity contribution >= 4 is 17.6 Å². The van der Waals surface area contributed by atoms with Crippen molar-refractivity contribution < 1.29 is 14.3 Å². The molecule has 1 aromatic heterocycles. The average molecular weight is 345 g/mol. The van der Waals surface area contributed by atoms with Crippen molar-refractivity contribution in [3.05, 3.63) is 35.2 Å². The van der Waals surface area contributed by atoms with Gasteiger partial charge in [-0.15, -0.1) is 0 Å². The van der Waals surface area contributed by atoms with E-state index in [2.05, 4.69) is 4.98 Å². The Morgan fingerprint density at radius 2 is 1.96 bits per heavy atom. The zero-order valence-electron chi connectivity index (χ0n) is 15.9. The van der Waals surface area contributed by atoms with Gasteiger partial charge in [0.1, 0.15) is 5.60 Å². The number of rotatable bonds is 2. The van der Waals surface area contributed by atoms with E-state index in [0.717, 1.165) is 16.8 Å². The van der Waals surface area contributed by atoms with Crippen LogP contribution in [0.2, 0.25) is 0 Å². The fourth-order valence-electron chi connectivity index (χ4n) is 2.66. The molecule has 0 N–H and O–H groups in total. The third kappa shape index (κ3) is 4.81. The summed E-state index contributed by atoms with van der Waals surface area (Å²) in [7, 11) is 3.45. The highest BCUT2D eigenvalue weighted by atomic mass is 16.6.